The second-order valence-electron chi connectivity index (χ2n) is 13.5. The summed E-state index contributed by atoms with van der Waals surface area (Å²) in [4.78, 5) is 60.8. The number of methoxy groups -OCH3 is 2. The summed E-state index contributed by atoms with van der Waals surface area (Å²) < 4.78 is 10.4. The average Bonchev–Trinajstić information content (AvgIpc) is 3.76. The number of fused-ring (bicyclic) bond motifs is 11. The van der Waals surface area contributed by atoms with Gasteiger partial charge in [0.15, 0.2) is 0 Å². The molecule has 2 atom stereocenters. The third-order valence-corrected chi connectivity index (χ3v) is 10.7. The van der Waals surface area contributed by atoms with E-state index in [-0.39, 0.29) is 31.3 Å². The molecule has 0 spiro atoms. The third kappa shape index (κ3) is 5.93. The Hall–Kier alpha value is -6.04. The average molecular weight is 707 g/mol. The summed E-state index contributed by atoms with van der Waals surface area (Å²) in [7, 11) is 2.55. The van der Waals surface area contributed by atoms with E-state index in [1.807, 2.05) is 58.1 Å². The molecule has 6 N–H and O–H groups in total. The molecule has 1 fully saturated rings. The van der Waals surface area contributed by atoms with Gasteiger partial charge in [-0.15, -0.1) is 0 Å². The van der Waals surface area contributed by atoms with Crippen LogP contribution < -0.4 is 16.0 Å². The minimum atomic E-state index is -1.13. The number of allylic oxidation sites excluding steroid dienone is 4. The monoisotopic (exact) mass is 706 g/mol. The largest absolute Gasteiger partial charge is 0.481 e. The zero-order valence-corrected chi connectivity index (χ0v) is 30.0. The molecule has 1 saturated heterocycles. The summed E-state index contributed by atoms with van der Waals surface area (Å²) in [6.07, 6.45) is 13.2. The van der Waals surface area contributed by atoms with Gasteiger partial charge in [-0.3, -0.25) is 14.4 Å². The van der Waals surface area contributed by atoms with Crippen LogP contribution in [0.3, 0.4) is 0 Å². The molecule has 12 heteroatoms. The molecule has 0 amide bonds. The molecule has 52 heavy (non-hydrogen) atoms. The molecular formula is C40H42N4O8. The third-order valence-electron chi connectivity index (χ3n) is 10.7. The van der Waals surface area contributed by atoms with Gasteiger partial charge in [0, 0.05) is 63.3 Å². The number of hydrogen-bond acceptors (Lipinski definition) is 7. The molecule has 0 aromatic carbocycles. The van der Waals surface area contributed by atoms with E-state index < -0.39 is 35.2 Å². The fraction of sp³-hybridized carbons (Fsp3) is 0.300. The topological polar surface area (TPSA) is 187 Å². The highest BCUT2D eigenvalue weighted by Gasteiger charge is 2.55. The van der Waals surface area contributed by atoms with Crippen LogP contribution in [-0.2, 0) is 41.5 Å². The molecule has 1 aliphatic carbocycles. The second kappa shape index (κ2) is 13.6. The number of nitrogens with one attached hydrogen (secondary N) is 4. The van der Waals surface area contributed by atoms with Crippen molar-refractivity contribution in [1.82, 2.24) is 20.3 Å². The summed E-state index contributed by atoms with van der Waals surface area (Å²) in [6, 6.07) is 0. The van der Waals surface area contributed by atoms with Crippen molar-refractivity contribution in [3.8, 4) is 0 Å². The van der Waals surface area contributed by atoms with E-state index in [9.17, 15) is 29.4 Å². The number of rotatable bonds is 9. The molecular weight excluding hydrogens is 664 g/mol. The first-order valence-electron chi connectivity index (χ1n) is 16.9. The first kappa shape index (κ1) is 35.8. The Morgan fingerprint density at radius 3 is 2.06 bits per heavy atom. The Morgan fingerprint density at radius 2 is 1.42 bits per heavy atom. The smallest absolute Gasteiger partial charge is 0.334 e. The van der Waals surface area contributed by atoms with Crippen LogP contribution in [0.2, 0.25) is 0 Å². The number of hydrogen-bond donors (Lipinski definition) is 6. The minimum Gasteiger partial charge on any atom is -0.481 e. The maximum absolute atomic E-state index is 13.7. The number of aromatic nitrogens is 3. The van der Waals surface area contributed by atoms with E-state index in [0.717, 1.165) is 55.7 Å². The van der Waals surface area contributed by atoms with Gasteiger partial charge >= 0.3 is 23.9 Å². The van der Waals surface area contributed by atoms with E-state index in [0.29, 0.717) is 28.1 Å². The first-order valence-corrected chi connectivity index (χ1v) is 16.9. The maximum atomic E-state index is 13.7. The highest BCUT2D eigenvalue weighted by atomic mass is 16.5. The number of carboxylic acids is 2. The zero-order valence-electron chi connectivity index (χ0n) is 30.0. The molecule has 12 nitrogen and oxygen atoms in total. The van der Waals surface area contributed by atoms with Gasteiger partial charge in [-0.25, -0.2) is 4.79 Å². The Morgan fingerprint density at radius 1 is 0.788 bits per heavy atom. The predicted octanol–water partition coefficient (Wildman–Crippen LogP) is 4.06. The van der Waals surface area contributed by atoms with Crippen LogP contribution in [0.25, 0.3) is 30.4 Å². The first-order chi connectivity index (χ1) is 24.7. The van der Waals surface area contributed by atoms with Crippen LogP contribution >= 0.6 is 0 Å². The molecule has 3 aromatic rings. The fourth-order valence-electron chi connectivity index (χ4n) is 7.76. The number of ether oxygens (including phenoxy) is 2. The Balaban J connectivity index is 1.73. The van der Waals surface area contributed by atoms with Crippen LogP contribution in [0.15, 0.2) is 41.3 Å². The number of H-pyrrole nitrogens is 3. The van der Waals surface area contributed by atoms with Gasteiger partial charge in [0.25, 0.3) is 0 Å². The van der Waals surface area contributed by atoms with Gasteiger partial charge in [-0.2, -0.15) is 0 Å². The van der Waals surface area contributed by atoms with E-state index in [2.05, 4.69) is 26.8 Å². The molecule has 3 aliphatic rings. The summed E-state index contributed by atoms with van der Waals surface area (Å²) in [6.45, 7) is 11.8. The Kier molecular flexibility index (Phi) is 9.35. The van der Waals surface area contributed by atoms with Gasteiger partial charge in [-0.1, -0.05) is 24.8 Å². The molecule has 8 bridgehead atoms. The molecule has 2 aliphatic heterocycles. The van der Waals surface area contributed by atoms with Gasteiger partial charge in [0.1, 0.15) is 5.92 Å². The number of aliphatic carboxylic acids is 2. The maximum Gasteiger partial charge on any atom is 0.334 e. The number of aromatic amines is 3. The summed E-state index contributed by atoms with van der Waals surface area (Å²) in [5.41, 5.74) is 9.05. The normalized spacial score (nSPS) is 18.7. The lowest BCUT2D eigenvalue weighted by Crippen LogP contribution is -2.40. The fourth-order valence-corrected chi connectivity index (χ4v) is 7.76. The lowest BCUT2D eigenvalue weighted by Gasteiger charge is -2.36. The number of carboxylic acid groups (broad SMARTS) is 2. The molecule has 5 heterocycles. The summed E-state index contributed by atoms with van der Waals surface area (Å²) >= 11 is 0. The van der Waals surface area contributed by atoms with Crippen molar-refractivity contribution in [3.63, 3.8) is 0 Å². The van der Waals surface area contributed by atoms with E-state index >= 15 is 0 Å². The highest BCUT2D eigenvalue weighted by Crippen LogP contribution is 2.55. The van der Waals surface area contributed by atoms with Crippen molar-refractivity contribution in [2.24, 2.45) is 11.3 Å². The second-order valence-corrected chi connectivity index (χ2v) is 13.5. The van der Waals surface area contributed by atoms with E-state index in [1.54, 1.807) is 12.2 Å². The molecule has 0 unspecified atom stereocenters. The van der Waals surface area contributed by atoms with Crippen LogP contribution in [0.5, 0.6) is 0 Å². The van der Waals surface area contributed by atoms with Gasteiger partial charge < -0.3 is 40.0 Å². The minimum absolute atomic E-state index is 0.0767. The van der Waals surface area contributed by atoms with Crippen molar-refractivity contribution in [2.45, 2.75) is 53.4 Å². The van der Waals surface area contributed by atoms with Crippen LogP contribution in [0.4, 0.5) is 0 Å². The summed E-state index contributed by atoms with van der Waals surface area (Å²) in [5, 5.41) is 24.3. The van der Waals surface area contributed by atoms with Crippen molar-refractivity contribution in [2.75, 3.05) is 14.2 Å². The van der Waals surface area contributed by atoms with Crippen molar-refractivity contribution in [1.29, 1.82) is 0 Å². The van der Waals surface area contributed by atoms with Crippen LogP contribution in [0.1, 0.15) is 75.9 Å². The van der Waals surface area contributed by atoms with Gasteiger partial charge in [0.2, 0.25) is 0 Å². The molecule has 6 rings (SSSR count). The summed E-state index contributed by atoms with van der Waals surface area (Å²) in [5.74, 6) is -4.20. The standard InChI is InChI=1S/C40H42N4O8/c1-8-22-19(2)28-16-33-26-12-9-25(38(49)51-6)37(39(50)52-7)40(26,5)34(44-33)18-29-21(4)24(11-14-36(47)48)32(43-29)17-31-23(10-13-35(45)46)20(3)27(42-31)15-30(22)41-28/h8-9,12,15-18,37,41-44H,1,10-11,13-14H2,2-7H3,(H,45,46)(H,47,48)/t37-,40+/m0/s1. The van der Waals surface area contributed by atoms with Gasteiger partial charge in [-0.05, 0) is 98.2 Å². The van der Waals surface area contributed by atoms with Gasteiger partial charge in [0.05, 0.1) is 25.2 Å². The van der Waals surface area contributed by atoms with E-state index in [4.69, 9.17) is 9.47 Å². The van der Waals surface area contributed by atoms with Crippen LogP contribution in [0, 0.1) is 32.1 Å². The lowest BCUT2D eigenvalue weighted by atomic mass is 9.64. The van der Waals surface area contributed by atoms with E-state index in [1.165, 1.54) is 14.2 Å². The van der Waals surface area contributed by atoms with Crippen LogP contribution in [-0.4, -0.2) is 63.3 Å². The molecule has 270 valence electrons. The predicted molar refractivity (Wildman–Crippen MR) is 196 cm³/mol. The molecule has 0 radical (unpaired) electrons. The van der Waals surface area contributed by atoms with Crippen molar-refractivity contribution < 1.29 is 38.9 Å². The van der Waals surface area contributed by atoms with Crippen molar-refractivity contribution in [3.05, 3.63) is 108 Å². The lowest BCUT2D eigenvalue weighted by molar-refractivity contribution is -0.150. The Labute approximate surface area is 300 Å². The molecule has 3 aromatic heterocycles. The quantitative estimate of drug-likeness (QED) is 0.179. The SMILES string of the molecule is C=Cc1c2[nH]c(c1C)C=C1NC(=Cc3[nH]c(c(CCC(=O)O)c3C)C=c3[nH]c(c(C)c3CCC(=O)O)=C2)[C@@]2(C)C1=CC=C(C(=O)OC)[C@H]2C(=O)OC. The zero-order chi connectivity index (χ0) is 37.6. The number of carbonyl (C=O) groups excluding carboxylic acids is 2. The number of esters is 2. The highest BCUT2D eigenvalue weighted by molar-refractivity contribution is 5.98. The number of carbonyl (C=O) groups is 4. The Bertz CT molecular complexity index is 2320. The van der Waals surface area contributed by atoms with Crippen molar-refractivity contribution >= 4 is 54.3 Å². The molecule has 0 saturated carbocycles.